The fourth-order valence-electron chi connectivity index (χ4n) is 2.29. The average molecular weight is 319 g/mol. The van der Waals surface area contributed by atoms with Crippen LogP contribution in [-0.4, -0.2) is 32.8 Å². The molecule has 1 aromatic carbocycles. The van der Waals surface area contributed by atoms with Gasteiger partial charge in [0.1, 0.15) is 0 Å². The molecule has 21 heavy (non-hydrogen) atoms. The number of carbonyl (C=O) groups excluding carboxylic acids is 1. The Morgan fingerprint density at radius 2 is 2.14 bits per heavy atom. The van der Waals surface area contributed by atoms with Gasteiger partial charge in [0.25, 0.3) is 0 Å². The van der Waals surface area contributed by atoms with Crippen molar-refractivity contribution in [1.82, 2.24) is 0 Å². The van der Waals surface area contributed by atoms with E-state index < -0.39 is 11.2 Å². The van der Waals surface area contributed by atoms with Gasteiger partial charge in [0, 0.05) is 31.5 Å². The Balaban J connectivity index is 0.00000220. The number of halogens is 2. The lowest BCUT2D eigenvalue weighted by atomic mass is 9.79. The third kappa shape index (κ3) is 3.84. The van der Waals surface area contributed by atoms with Crippen LogP contribution in [0.3, 0.4) is 0 Å². The van der Waals surface area contributed by atoms with E-state index in [0.717, 1.165) is 0 Å². The fourth-order valence-corrected chi connectivity index (χ4v) is 2.29. The molecule has 1 aliphatic rings. The summed E-state index contributed by atoms with van der Waals surface area (Å²) in [5.41, 5.74) is 5.52. The summed E-state index contributed by atoms with van der Waals surface area (Å²) < 4.78 is 23.7. The van der Waals surface area contributed by atoms with E-state index in [1.807, 2.05) is 0 Å². The third-order valence-corrected chi connectivity index (χ3v) is 3.73. The van der Waals surface area contributed by atoms with Gasteiger partial charge in [-0.05, 0) is 25.0 Å². The van der Waals surface area contributed by atoms with E-state index in [-0.39, 0.29) is 30.6 Å². The van der Waals surface area contributed by atoms with Crippen LogP contribution in [0.25, 0.3) is 0 Å². The number of amides is 1. The van der Waals surface area contributed by atoms with Crippen LogP contribution in [0, 0.1) is 11.2 Å². The molecule has 0 aromatic heterocycles. The highest BCUT2D eigenvalue weighted by Crippen LogP contribution is 2.31. The fraction of sp³-hybridized carbons (Fsp3) is 0.500. The van der Waals surface area contributed by atoms with Crippen molar-refractivity contribution in [3.05, 3.63) is 24.0 Å². The number of anilines is 1. The molecule has 0 radical (unpaired) electrons. The molecule has 1 aromatic rings. The number of nitrogens with one attached hydrogen (secondary N) is 1. The van der Waals surface area contributed by atoms with Crippen molar-refractivity contribution in [3.8, 4) is 5.75 Å². The number of methoxy groups -OCH3 is 1. The molecular formula is C14H20ClFN2O3. The molecular weight excluding hydrogens is 299 g/mol. The van der Waals surface area contributed by atoms with Crippen LogP contribution in [0.4, 0.5) is 10.1 Å². The Kier molecular flexibility index (Phi) is 6.39. The summed E-state index contributed by atoms with van der Waals surface area (Å²) in [5, 5.41) is 2.73. The van der Waals surface area contributed by atoms with Gasteiger partial charge in [0.2, 0.25) is 5.91 Å². The van der Waals surface area contributed by atoms with E-state index in [2.05, 4.69) is 5.32 Å². The first-order chi connectivity index (χ1) is 9.61. The zero-order valence-electron chi connectivity index (χ0n) is 11.9. The topological polar surface area (TPSA) is 73.6 Å². The maximum atomic E-state index is 13.6. The number of carbonyl (C=O) groups is 1. The molecule has 0 aliphatic carbocycles. The smallest absolute Gasteiger partial charge is 0.232 e. The van der Waals surface area contributed by atoms with Crippen LogP contribution in [0.15, 0.2) is 18.2 Å². The van der Waals surface area contributed by atoms with Crippen molar-refractivity contribution in [2.45, 2.75) is 12.8 Å². The number of hydrogen-bond donors (Lipinski definition) is 2. The molecule has 1 fully saturated rings. The highest BCUT2D eigenvalue weighted by Gasteiger charge is 2.38. The van der Waals surface area contributed by atoms with Crippen molar-refractivity contribution < 1.29 is 18.7 Å². The number of hydrogen-bond acceptors (Lipinski definition) is 4. The second-order valence-corrected chi connectivity index (χ2v) is 4.90. The molecule has 118 valence electrons. The molecule has 0 spiro atoms. The van der Waals surface area contributed by atoms with E-state index in [9.17, 15) is 9.18 Å². The molecule has 0 saturated carbocycles. The molecule has 1 heterocycles. The number of ether oxygens (including phenoxy) is 2. The summed E-state index contributed by atoms with van der Waals surface area (Å²) in [6.07, 6.45) is 1.15. The van der Waals surface area contributed by atoms with Gasteiger partial charge in [-0.1, -0.05) is 0 Å². The van der Waals surface area contributed by atoms with Gasteiger partial charge in [-0.25, -0.2) is 4.39 Å². The Morgan fingerprint density at radius 3 is 2.67 bits per heavy atom. The first-order valence-electron chi connectivity index (χ1n) is 6.54. The third-order valence-electron chi connectivity index (χ3n) is 3.73. The number of benzene rings is 1. The molecule has 2 rings (SSSR count). The Hall–Kier alpha value is -1.37. The molecule has 1 saturated heterocycles. The van der Waals surface area contributed by atoms with Crippen molar-refractivity contribution in [1.29, 1.82) is 0 Å². The van der Waals surface area contributed by atoms with Crippen molar-refractivity contribution in [3.63, 3.8) is 0 Å². The summed E-state index contributed by atoms with van der Waals surface area (Å²) in [7, 11) is 1.39. The molecule has 0 atom stereocenters. The molecule has 1 aliphatic heterocycles. The average Bonchev–Trinajstić information content (AvgIpc) is 2.48. The van der Waals surface area contributed by atoms with E-state index in [1.54, 1.807) is 6.07 Å². The summed E-state index contributed by atoms with van der Waals surface area (Å²) in [4.78, 5) is 12.4. The second-order valence-electron chi connectivity index (χ2n) is 4.90. The lowest BCUT2D eigenvalue weighted by Crippen LogP contribution is -2.46. The van der Waals surface area contributed by atoms with Gasteiger partial charge >= 0.3 is 0 Å². The lowest BCUT2D eigenvalue weighted by Gasteiger charge is -2.34. The minimum atomic E-state index is -0.630. The van der Waals surface area contributed by atoms with Crippen molar-refractivity contribution >= 4 is 24.0 Å². The summed E-state index contributed by atoms with van der Waals surface area (Å²) >= 11 is 0. The maximum absolute atomic E-state index is 13.6. The van der Waals surface area contributed by atoms with E-state index in [1.165, 1.54) is 19.2 Å². The second kappa shape index (κ2) is 7.59. The first kappa shape index (κ1) is 17.7. The maximum Gasteiger partial charge on any atom is 0.232 e. The number of rotatable bonds is 4. The van der Waals surface area contributed by atoms with Crippen LogP contribution < -0.4 is 15.8 Å². The minimum absolute atomic E-state index is 0. The van der Waals surface area contributed by atoms with Gasteiger partial charge in [0.05, 0.1) is 12.5 Å². The molecule has 0 unspecified atom stereocenters. The summed E-state index contributed by atoms with van der Waals surface area (Å²) in [5.74, 6) is -0.561. The van der Waals surface area contributed by atoms with E-state index >= 15 is 0 Å². The standard InChI is InChI=1S/C14H19FN2O3.ClH/c1-19-12-3-2-10(8-11(12)15)17-13(18)14(9-16)4-6-20-7-5-14;/h2-3,8H,4-7,9,16H2,1H3,(H,17,18);1H. The molecule has 3 N–H and O–H groups in total. The first-order valence-corrected chi connectivity index (χ1v) is 6.54. The predicted octanol–water partition coefficient (Wildman–Crippen LogP) is 1.95. The highest BCUT2D eigenvalue weighted by molar-refractivity contribution is 5.95. The van der Waals surface area contributed by atoms with Gasteiger partial charge in [-0.2, -0.15) is 0 Å². The van der Waals surface area contributed by atoms with Crippen molar-refractivity contribution in [2.75, 3.05) is 32.2 Å². The lowest BCUT2D eigenvalue weighted by molar-refractivity contribution is -0.130. The van der Waals surface area contributed by atoms with Crippen molar-refractivity contribution in [2.24, 2.45) is 11.1 Å². The van der Waals surface area contributed by atoms with Gasteiger partial charge in [-0.15, -0.1) is 12.4 Å². The van der Waals surface area contributed by atoms with Crippen LogP contribution >= 0.6 is 12.4 Å². The van der Waals surface area contributed by atoms with Gasteiger partial charge in [-0.3, -0.25) is 4.79 Å². The largest absolute Gasteiger partial charge is 0.494 e. The van der Waals surface area contributed by atoms with Gasteiger partial charge < -0.3 is 20.5 Å². The zero-order valence-corrected chi connectivity index (χ0v) is 12.7. The van der Waals surface area contributed by atoms with Crippen LogP contribution in [0.1, 0.15) is 12.8 Å². The number of nitrogens with two attached hydrogens (primary N) is 1. The van der Waals surface area contributed by atoms with E-state index in [0.29, 0.717) is 31.7 Å². The Bertz CT molecular complexity index is 493. The monoisotopic (exact) mass is 318 g/mol. The Labute approximate surface area is 129 Å². The zero-order chi connectivity index (χ0) is 14.6. The quantitative estimate of drug-likeness (QED) is 0.890. The van der Waals surface area contributed by atoms with Crippen LogP contribution in [-0.2, 0) is 9.53 Å². The predicted molar refractivity (Wildman–Crippen MR) is 80.4 cm³/mol. The Morgan fingerprint density at radius 1 is 1.48 bits per heavy atom. The van der Waals surface area contributed by atoms with Gasteiger partial charge in [0.15, 0.2) is 11.6 Å². The summed E-state index contributed by atoms with van der Waals surface area (Å²) in [6.45, 7) is 1.28. The molecule has 5 nitrogen and oxygen atoms in total. The summed E-state index contributed by atoms with van der Waals surface area (Å²) in [6, 6.07) is 4.31. The van der Waals surface area contributed by atoms with Crippen LogP contribution in [0.5, 0.6) is 5.75 Å². The molecule has 7 heteroatoms. The minimum Gasteiger partial charge on any atom is -0.494 e. The van der Waals surface area contributed by atoms with Crippen LogP contribution in [0.2, 0.25) is 0 Å². The molecule has 0 bridgehead atoms. The van der Waals surface area contributed by atoms with E-state index in [4.69, 9.17) is 15.2 Å². The SMILES string of the molecule is COc1ccc(NC(=O)C2(CN)CCOCC2)cc1F.Cl. The normalized spacial score (nSPS) is 16.7. The highest BCUT2D eigenvalue weighted by atomic mass is 35.5. The molecule has 1 amide bonds.